The lowest BCUT2D eigenvalue weighted by Crippen LogP contribution is -2.36. The Hall–Kier alpha value is -0.330. The molecule has 2 N–H and O–H groups in total. The number of rotatable bonds is 7. The minimum atomic E-state index is -4.53. The van der Waals surface area contributed by atoms with E-state index in [1.165, 1.54) is 0 Å². The van der Waals surface area contributed by atoms with Crippen molar-refractivity contribution in [3.8, 4) is 0 Å². The lowest BCUT2D eigenvalue weighted by atomic mass is 10.3. The molecule has 0 aliphatic heterocycles. The molecule has 0 unspecified atom stereocenters. The molecular weight excluding hydrogens is 209 g/mol. The number of hydrogen-bond donors (Lipinski definition) is 1. The van der Waals surface area contributed by atoms with Gasteiger partial charge in [-0.15, -0.1) is 13.2 Å². The van der Waals surface area contributed by atoms with Crippen LogP contribution in [0.4, 0.5) is 13.2 Å². The van der Waals surface area contributed by atoms with Crippen molar-refractivity contribution >= 4 is 0 Å². The summed E-state index contributed by atoms with van der Waals surface area (Å²) >= 11 is 0. The number of nitrogens with zero attached hydrogens (tertiary/aromatic N) is 1. The van der Waals surface area contributed by atoms with Gasteiger partial charge in [-0.1, -0.05) is 0 Å². The predicted molar refractivity (Wildman–Crippen MR) is 52.4 cm³/mol. The molecule has 0 rings (SSSR count). The van der Waals surface area contributed by atoms with Gasteiger partial charge < -0.3 is 5.73 Å². The molecular formula is C9H19F3N2O. The van der Waals surface area contributed by atoms with Crippen LogP contribution in [0.25, 0.3) is 0 Å². The summed E-state index contributed by atoms with van der Waals surface area (Å²) in [4.78, 5) is 1.92. The van der Waals surface area contributed by atoms with Gasteiger partial charge in [0.05, 0.1) is 6.61 Å². The first-order chi connectivity index (χ1) is 6.87. The van der Waals surface area contributed by atoms with E-state index in [1.54, 1.807) is 0 Å². The summed E-state index contributed by atoms with van der Waals surface area (Å²) in [5.41, 5.74) is 5.34. The third-order valence-electron chi connectivity index (χ3n) is 2.02. The average molecular weight is 228 g/mol. The standard InChI is InChI=1S/C9H19F3N2O/c1-8(2)14(5-3-4-13)6-7-15-9(10,11)12/h8H,3-7,13H2,1-2H3. The largest absolute Gasteiger partial charge is 0.522 e. The Balaban J connectivity index is 3.76. The molecule has 0 aliphatic rings. The third-order valence-corrected chi connectivity index (χ3v) is 2.02. The zero-order valence-electron chi connectivity index (χ0n) is 9.18. The molecule has 0 bridgehead atoms. The van der Waals surface area contributed by atoms with Crippen molar-refractivity contribution in [2.24, 2.45) is 5.73 Å². The van der Waals surface area contributed by atoms with Crippen LogP contribution in [0.2, 0.25) is 0 Å². The number of hydrogen-bond acceptors (Lipinski definition) is 3. The second-order valence-corrected chi connectivity index (χ2v) is 3.57. The van der Waals surface area contributed by atoms with Gasteiger partial charge in [0.1, 0.15) is 0 Å². The van der Waals surface area contributed by atoms with Gasteiger partial charge in [0.2, 0.25) is 0 Å². The minimum absolute atomic E-state index is 0.202. The van der Waals surface area contributed by atoms with Gasteiger partial charge in [-0.25, -0.2) is 0 Å². The Morgan fingerprint density at radius 1 is 1.27 bits per heavy atom. The Morgan fingerprint density at radius 2 is 1.87 bits per heavy atom. The van der Waals surface area contributed by atoms with Crippen LogP contribution in [0.3, 0.4) is 0 Å². The summed E-state index contributed by atoms with van der Waals surface area (Å²) in [5, 5.41) is 0. The fraction of sp³-hybridized carbons (Fsp3) is 1.00. The molecule has 0 aromatic rings. The van der Waals surface area contributed by atoms with Crippen LogP contribution in [0.15, 0.2) is 0 Å². The zero-order chi connectivity index (χ0) is 11.9. The van der Waals surface area contributed by atoms with E-state index in [0.717, 1.165) is 6.42 Å². The first-order valence-corrected chi connectivity index (χ1v) is 5.01. The van der Waals surface area contributed by atoms with Gasteiger partial charge in [-0.2, -0.15) is 0 Å². The van der Waals surface area contributed by atoms with E-state index in [-0.39, 0.29) is 19.2 Å². The summed E-state index contributed by atoms with van der Waals surface area (Å²) in [7, 11) is 0. The van der Waals surface area contributed by atoms with Crippen molar-refractivity contribution in [1.29, 1.82) is 0 Å². The van der Waals surface area contributed by atoms with Crippen molar-refractivity contribution in [2.75, 3.05) is 26.2 Å². The molecule has 0 atom stereocenters. The minimum Gasteiger partial charge on any atom is -0.330 e. The highest BCUT2D eigenvalue weighted by molar-refractivity contribution is 4.62. The summed E-state index contributed by atoms with van der Waals surface area (Å²) in [6.07, 6.45) is -3.75. The van der Waals surface area contributed by atoms with Crippen LogP contribution >= 0.6 is 0 Å². The maximum absolute atomic E-state index is 11.7. The summed E-state index contributed by atoms with van der Waals surface area (Å²) in [5.74, 6) is 0. The summed E-state index contributed by atoms with van der Waals surface area (Å²) in [6, 6.07) is 0.202. The second-order valence-electron chi connectivity index (χ2n) is 3.57. The van der Waals surface area contributed by atoms with Crippen molar-refractivity contribution in [3.63, 3.8) is 0 Å². The molecule has 0 spiro atoms. The number of halogens is 3. The quantitative estimate of drug-likeness (QED) is 0.719. The lowest BCUT2D eigenvalue weighted by Gasteiger charge is -2.26. The number of alkyl halides is 3. The van der Waals surface area contributed by atoms with Gasteiger partial charge in [0.25, 0.3) is 0 Å². The first kappa shape index (κ1) is 14.7. The van der Waals surface area contributed by atoms with Gasteiger partial charge in [-0.05, 0) is 33.4 Å². The molecule has 0 fully saturated rings. The fourth-order valence-corrected chi connectivity index (χ4v) is 1.20. The zero-order valence-corrected chi connectivity index (χ0v) is 9.18. The molecule has 0 radical (unpaired) electrons. The SMILES string of the molecule is CC(C)N(CCCN)CCOC(F)(F)F. The summed E-state index contributed by atoms with van der Waals surface area (Å²) in [6.45, 7) is 5.07. The summed E-state index contributed by atoms with van der Waals surface area (Å²) < 4.78 is 38.8. The normalized spacial score (nSPS) is 12.8. The predicted octanol–water partition coefficient (Wildman–Crippen LogP) is 1.58. The van der Waals surface area contributed by atoms with Crippen LogP contribution in [-0.4, -0.2) is 43.5 Å². The van der Waals surface area contributed by atoms with Crippen LogP contribution in [0.1, 0.15) is 20.3 Å². The molecule has 3 nitrogen and oxygen atoms in total. The van der Waals surface area contributed by atoms with Crippen molar-refractivity contribution in [1.82, 2.24) is 4.90 Å². The van der Waals surface area contributed by atoms with E-state index < -0.39 is 6.36 Å². The second kappa shape index (κ2) is 7.03. The Kier molecular flexibility index (Phi) is 6.87. The topological polar surface area (TPSA) is 38.5 Å². The van der Waals surface area contributed by atoms with Gasteiger partial charge >= 0.3 is 6.36 Å². The van der Waals surface area contributed by atoms with Crippen molar-refractivity contribution in [3.05, 3.63) is 0 Å². The highest BCUT2D eigenvalue weighted by Crippen LogP contribution is 2.15. The smallest absolute Gasteiger partial charge is 0.330 e. The maximum atomic E-state index is 11.7. The van der Waals surface area contributed by atoms with E-state index in [0.29, 0.717) is 13.1 Å². The van der Waals surface area contributed by atoms with Crippen LogP contribution in [0, 0.1) is 0 Å². The molecule has 0 saturated heterocycles. The maximum Gasteiger partial charge on any atom is 0.522 e. The van der Waals surface area contributed by atoms with E-state index in [4.69, 9.17) is 5.73 Å². The monoisotopic (exact) mass is 228 g/mol. The highest BCUT2D eigenvalue weighted by Gasteiger charge is 2.29. The van der Waals surface area contributed by atoms with E-state index in [1.807, 2.05) is 18.7 Å². The molecule has 92 valence electrons. The molecule has 0 aromatic heterocycles. The molecule has 0 saturated carbocycles. The van der Waals surface area contributed by atoms with Crippen LogP contribution in [-0.2, 0) is 4.74 Å². The lowest BCUT2D eigenvalue weighted by molar-refractivity contribution is -0.325. The number of ether oxygens (including phenoxy) is 1. The molecule has 0 heterocycles. The van der Waals surface area contributed by atoms with Gasteiger partial charge in [-0.3, -0.25) is 9.64 Å². The third kappa shape index (κ3) is 8.65. The fourth-order valence-electron chi connectivity index (χ4n) is 1.20. The highest BCUT2D eigenvalue weighted by atomic mass is 19.4. The van der Waals surface area contributed by atoms with E-state index >= 15 is 0 Å². The Bertz CT molecular complexity index is 162. The molecule has 0 amide bonds. The van der Waals surface area contributed by atoms with Crippen molar-refractivity contribution < 1.29 is 17.9 Å². The van der Waals surface area contributed by atoms with Gasteiger partial charge in [0, 0.05) is 12.6 Å². The molecule has 0 aliphatic carbocycles. The molecule has 6 heteroatoms. The van der Waals surface area contributed by atoms with Gasteiger partial charge in [0.15, 0.2) is 0 Å². The molecule has 15 heavy (non-hydrogen) atoms. The van der Waals surface area contributed by atoms with E-state index in [9.17, 15) is 13.2 Å². The Morgan fingerprint density at radius 3 is 2.27 bits per heavy atom. The van der Waals surface area contributed by atoms with Crippen LogP contribution in [0.5, 0.6) is 0 Å². The number of nitrogens with two attached hydrogens (primary N) is 1. The van der Waals surface area contributed by atoms with Crippen molar-refractivity contribution in [2.45, 2.75) is 32.7 Å². The first-order valence-electron chi connectivity index (χ1n) is 5.01. The van der Waals surface area contributed by atoms with E-state index in [2.05, 4.69) is 4.74 Å². The molecule has 0 aromatic carbocycles. The Labute approximate surface area is 88.4 Å². The average Bonchev–Trinajstić information content (AvgIpc) is 2.08. The van der Waals surface area contributed by atoms with Crippen LogP contribution < -0.4 is 5.73 Å².